The van der Waals surface area contributed by atoms with Gasteiger partial charge in [0.15, 0.2) is 0 Å². The molecule has 1 aromatic carbocycles. The van der Waals surface area contributed by atoms with Crippen LogP contribution in [0.2, 0.25) is 0 Å². The lowest BCUT2D eigenvalue weighted by molar-refractivity contribution is 0.214. The van der Waals surface area contributed by atoms with Crippen LogP contribution in [0.15, 0.2) is 24.5 Å². The summed E-state index contributed by atoms with van der Waals surface area (Å²) >= 11 is 0. The van der Waals surface area contributed by atoms with E-state index in [1.807, 2.05) is 13.0 Å². The van der Waals surface area contributed by atoms with E-state index in [2.05, 4.69) is 5.10 Å². The number of aryl methyl sites for hydroxylation is 3. The average Bonchev–Trinajstić information content (AvgIpc) is 2.63. The van der Waals surface area contributed by atoms with Gasteiger partial charge in [0, 0.05) is 24.4 Å². The standard InChI is InChI=1S/C13H15FN2O/c1-8-4-9(2)12(11(14)5-8)13(17)10-6-15-16(3)7-10/h4-7,13,17H,1-3H3. The molecule has 0 fully saturated rings. The molecule has 1 aromatic heterocycles. The number of hydrogen-bond acceptors (Lipinski definition) is 2. The van der Waals surface area contributed by atoms with Crippen molar-refractivity contribution in [3.63, 3.8) is 0 Å². The zero-order chi connectivity index (χ0) is 12.6. The minimum absolute atomic E-state index is 0.323. The topological polar surface area (TPSA) is 38.1 Å². The molecule has 0 saturated carbocycles. The normalized spacial score (nSPS) is 12.8. The summed E-state index contributed by atoms with van der Waals surface area (Å²) in [5.41, 5.74) is 2.52. The second kappa shape index (κ2) is 4.30. The first-order valence-corrected chi connectivity index (χ1v) is 5.42. The Morgan fingerprint density at radius 3 is 2.59 bits per heavy atom. The van der Waals surface area contributed by atoms with Gasteiger partial charge in [-0.2, -0.15) is 5.10 Å². The fraction of sp³-hybridized carbons (Fsp3) is 0.308. The SMILES string of the molecule is Cc1cc(C)c(C(O)c2cnn(C)c2)c(F)c1. The highest BCUT2D eigenvalue weighted by Crippen LogP contribution is 2.27. The monoisotopic (exact) mass is 234 g/mol. The van der Waals surface area contributed by atoms with Crippen molar-refractivity contribution < 1.29 is 9.50 Å². The Morgan fingerprint density at radius 1 is 1.35 bits per heavy atom. The van der Waals surface area contributed by atoms with Crippen molar-refractivity contribution in [2.24, 2.45) is 7.05 Å². The van der Waals surface area contributed by atoms with Crippen LogP contribution in [0.25, 0.3) is 0 Å². The molecule has 1 atom stereocenters. The molecule has 17 heavy (non-hydrogen) atoms. The predicted molar refractivity (Wildman–Crippen MR) is 63.1 cm³/mol. The fourth-order valence-electron chi connectivity index (χ4n) is 2.02. The molecule has 0 aliphatic heterocycles. The molecule has 2 rings (SSSR count). The number of hydrogen-bond donors (Lipinski definition) is 1. The highest BCUT2D eigenvalue weighted by Gasteiger charge is 2.19. The second-order valence-corrected chi connectivity index (χ2v) is 4.33. The summed E-state index contributed by atoms with van der Waals surface area (Å²) < 4.78 is 15.5. The lowest BCUT2D eigenvalue weighted by Gasteiger charge is -2.14. The summed E-state index contributed by atoms with van der Waals surface area (Å²) in [6.07, 6.45) is 2.26. The fourth-order valence-corrected chi connectivity index (χ4v) is 2.02. The summed E-state index contributed by atoms with van der Waals surface area (Å²) in [6, 6.07) is 3.29. The largest absolute Gasteiger partial charge is 0.383 e. The zero-order valence-electron chi connectivity index (χ0n) is 10.1. The first kappa shape index (κ1) is 11.8. The molecule has 90 valence electrons. The minimum atomic E-state index is -0.968. The van der Waals surface area contributed by atoms with Gasteiger partial charge in [-0.1, -0.05) is 6.07 Å². The number of benzene rings is 1. The van der Waals surface area contributed by atoms with Crippen LogP contribution in [-0.2, 0) is 7.05 Å². The van der Waals surface area contributed by atoms with Gasteiger partial charge in [0.1, 0.15) is 11.9 Å². The molecule has 0 amide bonds. The van der Waals surface area contributed by atoms with Crippen molar-refractivity contribution in [3.05, 3.63) is 52.6 Å². The van der Waals surface area contributed by atoms with E-state index >= 15 is 0 Å². The third-order valence-electron chi connectivity index (χ3n) is 2.79. The summed E-state index contributed by atoms with van der Waals surface area (Å²) in [7, 11) is 1.76. The third kappa shape index (κ3) is 2.22. The molecule has 0 bridgehead atoms. The number of rotatable bonds is 2. The van der Waals surface area contributed by atoms with Crippen LogP contribution in [0.5, 0.6) is 0 Å². The zero-order valence-corrected chi connectivity index (χ0v) is 10.1. The van der Waals surface area contributed by atoms with Crippen molar-refractivity contribution >= 4 is 0 Å². The summed E-state index contributed by atoms with van der Waals surface area (Å²) in [5, 5.41) is 14.1. The van der Waals surface area contributed by atoms with E-state index in [9.17, 15) is 9.50 Å². The van der Waals surface area contributed by atoms with Crippen molar-refractivity contribution in [3.8, 4) is 0 Å². The van der Waals surface area contributed by atoms with E-state index in [4.69, 9.17) is 0 Å². The molecular formula is C13H15FN2O. The molecule has 0 spiro atoms. The second-order valence-electron chi connectivity index (χ2n) is 4.33. The van der Waals surface area contributed by atoms with Crippen molar-refractivity contribution in [1.82, 2.24) is 9.78 Å². The lowest BCUT2D eigenvalue weighted by Crippen LogP contribution is -2.05. The maximum Gasteiger partial charge on any atom is 0.129 e. The number of nitrogens with zero attached hydrogens (tertiary/aromatic N) is 2. The minimum Gasteiger partial charge on any atom is -0.383 e. The van der Waals surface area contributed by atoms with Crippen LogP contribution in [0.4, 0.5) is 4.39 Å². The van der Waals surface area contributed by atoms with E-state index in [-0.39, 0.29) is 5.82 Å². The molecule has 3 nitrogen and oxygen atoms in total. The Bertz CT molecular complexity index is 525. The maximum absolute atomic E-state index is 13.9. The van der Waals surface area contributed by atoms with Gasteiger partial charge in [0.25, 0.3) is 0 Å². The number of aliphatic hydroxyl groups is 1. The molecule has 4 heteroatoms. The third-order valence-corrected chi connectivity index (χ3v) is 2.79. The first-order chi connectivity index (χ1) is 7.99. The molecule has 0 saturated heterocycles. The van der Waals surface area contributed by atoms with Gasteiger partial charge >= 0.3 is 0 Å². The van der Waals surface area contributed by atoms with Crippen LogP contribution in [0, 0.1) is 19.7 Å². The number of aromatic nitrogens is 2. The molecule has 0 aliphatic rings. The Balaban J connectivity index is 2.47. The molecular weight excluding hydrogens is 219 g/mol. The van der Waals surface area contributed by atoms with Crippen LogP contribution >= 0.6 is 0 Å². The molecule has 0 aliphatic carbocycles. The summed E-state index contributed by atoms with van der Waals surface area (Å²) in [4.78, 5) is 0. The van der Waals surface area contributed by atoms with E-state index in [0.29, 0.717) is 11.1 Å². The van der Waals surface area contributed by atoms with E-state index < -0.39 is 6.10 Å². The van der Waals surface area contributed by atoms with Gasteiger partial charge in [-0.05, 0) is 31.0 Å². The molecule has 2 aromatic rings. The van der Waals surface area contributed by atoms with Gasteiger partial charge in [0.05, 0.1) is 6.20 Å². The summed E-state index contributed by atoms with van der Waals surface area (Å²) in [5.74, 6) is -0.376. The Labute approximate surface area is 99.5 Å². The quantitative estimate of drug-likeness (QED) is 0.865. The van der Waals surface area contributed by atoms with Gasteiger partial charge in [-0.25, -0.2) is 4.39 Å². The Kier molecular flexibility index (Phi) is 2.98. The lowest BCUT2D eigenvalue weighted by atomic mass is 9.97. The van der Waals surface area contributed by atoms with Crippen molar-refractivity contribution in [2.75, 3.05) is 0 Å². The molecule has 1 unspecified atom stereocenters. The van der Waals surface area contributed by atoms with E-state index in [1.54, 1.807) is 31.0 Å². The van der Waals surface area contributed by atoms with Crippen molar-refractivity contribution in [1.29, 1.82) is 0 Å². The van der Waals surface area contributed by atoms with E-state index in [1.165, 1.54) is 6.07 Å². The average molecular weight is 234 g/mol. The van der Waals surface area contributed by atoms with Gasteiger partial charge in [-0.15, -0.1) is 0 Å². The predicted octanol–water partition coefficient (Wildman–Crippen LogP) is 2.26. The van der Waals surface area contributed by atoms with Gasteiger partial charge in [0.2, 0.25) is 0 Å². The Hall–Kier alpha value is -1.68. The van der Waals surface area contributed by atoms with Crippen molar-refractivity contribution in [2.45, 2.75) is 20.0 Å². The smallest absolute Gasteiger partial charge is 0.129 e. The van der Waals surface area contributed by atoms with Crippen LogP contribution in [0.1, 0.15) is 28.4 Å². The van der Waals surface area contributed by atoms with Crippen LogP contribution < -0.4 is 0 Å². The highest BCUT2D eigenvalue weighted by atomic mass is 19.1. The van der Waals surface area contributed by atoms with E-state index in [0.717, 1.165) is 11.1 Å². The first-order valence-electron chi connectivity index (χ1n) is 5.42. The van der Waals surface area contributed by atoms with Crippen LogP contribution in [-0.4, -0.2) is 14.9 Å². The molecule has 0 radical (unpaired) electrons. The highest BCUT2D eigenvalue weighted by molar-refractivity contribution is 5.37. The number of aliphatic hydroxyl groups excluding tert-OH is 1. The van der Waals surface area contributed by atoms with Gasteiger partial charge < -0.3 is 5.11 Å². The maximum atomic E-state index is 13.9. The Morgan fingerprint density at radius 2 is 2.06 bits per heavy atom. The van der Waals surface area contributed by atoms with Gasteiger partial charge in [-0.3, -0.25) is 4.68 Å². The number of halogens is 1. The summed E-state index contributed by atoms with van der Waals surface area (Å²) in [6.45, 7) is 3.63. The molecule has 1 heterocycles. The molecule has 1 N–H and O–H groups in total. The van der Waals surface area contributed by atoms with Crippen LogP contribution in [0.3, 0.4) is 0 Å².